The van der Waals surface area contributed by atoms with Gasteiger partial charge in [0, 0.05) is 36.1 Å². The molecule has 1 heterocycles. The highest BCUT2D eigenvalue weighted by molar-refractivity contribution is 6.31. The van der Waals surface area contributed by atoms with Crippen LogP contribution in [0.25, 0.3) is 0 Å². The van der Waals surface area contributed by atoms with E-state index in [0.717, 1.165) is 44.0 Å². The van der Waals surface area contributed by atoms with Crippen LogP contribution < -0.4 is 0 Å². The number of rotatable bonds is 6. The smallest absolute Gasteiger partial charge is 0.0949 e. The third-order valence-corrected chi connectivity index (χ3v) is 5.39. The molecule has 2 aromatic carbocycles. The highest BCUT2D eigenvalue weighted by Gasteiger charge is 2.31. The molecule has 0 radical (unpaired) electrons. The molecule has 1 aliphatic heterocycles. The van der Waals surface area contributed by atoms with Gasteiger partial charge in [0.05, 0.1) is 18.8 Å². The maximum absolute atomic E-state index is 11.5. The second kappa shape index (κ2) is 8.52. The number of hydrogen-bond donors (Lipinski definition) is 1. The average molecular weight is 380 g/mol. The van der Waals surface area contributed by atoms with Crippen molar-refractivity contribution < 1.29 is 9.84 Å². The van der Waals surface area contributed by atoms with Crippen LogP contribution >= 0.6 is 23.2 Å². The molecule has 1 fully saturated rings. The van der Waals surface area contributed by atoms with E-state index >= 15 is 0 Å². The number of ether oxygens (including phenoxy) is 1. The standard InChI is InChI=1S/C20H23Cl2NO2/c21-18-7-5-17(6-8-18)20(24,9-10-23-11-13-25-14-12-23)15-16-3-1-2-4-19(16)22/h1-8,24H,9-15H2. The molecule has 134 valence electrons. The molecular weight excluding hydrogens is 357 g/mol. The Labute approximate surface area is 159 Å². The van der Waals surface area contributed by atoms with Gasteiger partial charge in [-0.25, -0.2) is 0 Å². The summed E-state index contributed by atoms with van der Waals surface area (Å²) in [6, 6.07) is 15.1. The van der Waals surface area contributed by atoms with Gasteiger partial charge < -0.3 is 9.84 Å². The van der Waals surface area contributed by atoms with Crippen LogP contribution in [0.15, 0.2) is 48.5 Å². The summed E-state index contributed by atoms with van der Waals surface area (Å²) >= 11 is 12.4. The predicted molar refractivity (Wildman–Crippen MR) is 102 cm³/mol. The fourth-order valence-corrected chi connectivity index (χ4v) is 3.55. The lowest BCUT2D eigenvalue weighted by molar-refractivity contribution is -0.00450. The molecular formula is C20H23Cl2NO2. The van der Waals surface area contributed by atoms with E-state index in [1.54, 1.807) is 0 Å². The second-order valence-electron chi connectivity index (χ2n) is 6.51. The molecule has 3 nitrogen and oxygen atoms in total. The summed E-state index contributed by atoms with van der Waals surface area (Å²) in [5.74, 6) is 0. The number of halogens is 2. The third kappa shape index (κ3) is 4.96. The van der Waals surface area contributed by atoms with Crippen LogP contribution in [0.2, 0.25) is 10.0 Å². The van der Waals surface area contributed by atoms with Crippen molar-refractivity contribution in [3.05, 3.63) is 69.7 Å². The van der Waals surface area contributed by atoms with Gasteiger partial charge in [-0.05, 0) is 35.7 Å². The lowest BCUT2D eigenvalue weighted by atomic mass is 9.84. The van der Waals surface area contributed by atoms with Gasteiger partial charge in [-0.3, -0.25) is 4.90 Å². The highest BCUT2D eigenvalue weighted by Crippen LogP contribution is 2.33. The Balaban J connectivity index is 1.81. The van der Waals surface area contributed by atoms with Gasteiger partial charge in [-0.2, -0.15) is 0 Å². The van der Waals surface area contributed by atoms with Crippen LogP contribution in [0.3, 0.4) is 0 Å². The average Bonchev–Trinajstić information content (AvgIpc) is 2.63. The van der Waals surface area contributed by atoms with Crippen LogP contribution in [-0.2, 0) is 16.8 Å². The van der Waals surface area contributed by atoms with Crippen LogP contribution in [0.4, 0.5) is 0 Å². The van der Waals surface area contributed by atoms with Crippen LogP contribution in [-0.4, -0.2) is 42.9 Å². The van der Waals surface area contributed by atoms with E-state index < -0.39 is 5.60 Å². The molecule has 0 amide bonds. The molecule has 5 heteroatoms. The van der Waals surface area contributed by atoms with E-state index in [0.29, 0.717) is 22.9 Å². The first-order valence-corrected chi connectivity index (χ1v) is 9.34. The summed E-state index contributed by atoms with van der Waals surface area (Å²) in [7, 11) is 0. The quantitative estimate of drug-likeness (QED) is 0.818. The number of hydrogen-bond acceptors (Lipinski definition) is 3. The monoisotopic (exact) mass is 379 g/mol. The lowest BCUT2D eigenvalue weighted by Crippen LogP contribution is -2.40. The van der Waals surface area contributed by atoms with Crippen molar-refractivity contribution in [1.82, 2.24) is 4.90 Å². The van der Waals surface area contributed by atoms with Gasteiger partial charge in [-0.1, -0.05) is 53.5 Å². The van der Waals surface area contributed by atoms with E-state index in [1.807, 2.05) is 48.5 Å². The van der Waals surface area contributed by atoms with Crippen molar-refractivity contribution in [2.24, 2.45) is 0 Å². The molecule has 0 spiro atoms. The first kappa shape index (κ1) is 18.7. The Morgan fingerprint density at radius 2 is 1.68 bits per heavy atom. The Kier molecular flexibility index (Phi) is 6.37. The zero-order chi connectivity index (χ0) is 17.7. The summed E-state index contributed by atoms with van der Waals surface area (Å²) in [6.07, 6.45) is 1.10. The Hall–Kier alpha value is -1.10. The first-order chi connectivity index (χ1) is 12.1. The fourth-order valence-electron chi connectivity index (χ4n) is 3.22. The van der Waals surface area contributed by atoms with Gasteiger partial charge in [0.1, 0.15) is 0 Å². The number of benzene rings is 2. The van der Waals surface area contributed by atoms with Crippen molar-refractivity contribution in [2.75, 3.05) is 32.8 Å². The van der Waals surface area contributed by atoms with Crippen molar-refractivity contribution in [3.8, 4) is 0 Å². The second-order valence-corrected chi connectivity index (χ2v) is 7.35. The number of morpholine rings is 1. The number of aliphatic hydroxyl groups is 1. The van der Waals surface area contributed by atoms with Crippen LogP contribution in [0, 0.1) is 0 Å². The summed E-state index contributed by atoms with van der Waals surface area (Å²) in [6.45, 7) is 4.13. The van der Waals surface area contributed by atoms with E-state index in [4.69, 9.17) is 27.9 Å². The zero-order valence-electron chi connectivity index (χ0n) is 14.1. The van der Waals surface area contributed by atoms with Gasteiger partial charge in [0.2, 0.25) is 0 Å². The molecule has 1 atom stereocenters. The molecule has 2 aromatic rings. The topological polar surface area (TPSA) is 32.7 Å². The summed E-state index contributed by atoms with van der Waals surface area (Å²) in [4.78, 5) is 2.33. The van der Waals surface area contributed by atoms with Crippen LogP contribution in [0.5, 0.6) is 0 Å². The normalized spacial score (nSPS) is 18.0. The van der Waals surface area contributed by atoms with Gasteiger partial charge in [0.15, 0.2) is 0 Å². The fraction of sp³-hybridized carbons (Fsp3) is 0.400. The predicted octanol–water partition coefficient (Wildman–Crippen LogP) is 4.15. The molecule has 1 aliphatic rings. The maximum atomic E-state index is 11.5. The zero-order valence-corrected chi connectivity index (χ0v) is 15.6. The van der Waals surface area contributed by atoms with Crippen molar-refractivity contribution in [2.45, 2.75) is 18.4 Å². The third-order valence-electron chi connectivity index (χ3n) is 4.77. The molecule has 0 aromatic heterocycles. The van der Waals surface area contributed by atoms with Crippen molar-refractivity contribution in [3.63, 3.8) is 0 Å². The largest absolute Gasteiger partial charge is 0.385 e. The van der Waals surface area contributed by atoms with Gasteiger partial charge in [-0.15, -0.1) is 0 Å². The van der Waals surface area contributed by atoms with Crippen molar-refractivity contribution >= 4 is 23.2 Å². The van der Waals surface area contributed by atoms with Gasteiger partial charge in [0.25, 0.3) is 0 Å². The molecule has 1 N–H and O–H groups in total. The van der Waals surface area contributed by atoms with Gasteiger partial charge >= 0.3 is 0 Å². The Morgan fingerprint density at radius 3 is 2.36 bits per heavy atom. The summed E-state index contributed by atoms with van der Waals surface area (Å²) in [5.41, 5.74) is 0.821. The van der Waals surface area contributed by atoms with Crippen molar-refractivity contribution in [1.29, 1.82) is 0 Å². The molecule has 0 bridgehead atoms. The van der Waals surface area contributed by atoms with Crippen LogP contribution in [0.1, 0.15) is 17.5 Å². The first-order valence-electron chi connectivity index (χ1n) is 8.59. The molecule has 3 rings (SSSR count). The maximum Gasteiger partial charge on any atom is 0.0949 e. The minimum atomic E-state index is -0.992. The summed E-state index contributed by atoms with van der Waals surface area (Å²) in [5, 5.41) is 12.9. The molecule has 25 heavy (non-hydrogen) atoms. The Bertz CT molecular complexity index is 686. The highest BCUT2D eigenvalue weighted by atomic mass is 35.5. The van der Waals surface area contributed by atoms with E-state index in [9.17, 15) is 5.11 Å². The lowest BCUT2D eigenvalue weighted by Gasteiger charge is -2.33. The van der Waals surface area contributed by atoms with E-state index in [-0.39, 0.29) is 0 Å². The van der Waals surface area contributed by atoms with E-state index in [1.165, 1.54) is 0 Å². The SMILES string of the molecule is OC(CCN1CCOCC1)(Cc1ccccc1Cl)c1ccc(Cl)cc1. The summed E-state index contributed by atoms with van der Waals surface area (Å²) < 4.78 is 5.40. The molecule has 1 unspecified atom stereocenters. The molecule has 0 aliphatic carbocycles. The van der Waals surface area contributed by atoms with E-state index in [2.05, 4.69) is 4.90 Å². The molecule has 1 saturated heterocycles. The minimum absolute atomic E-state index is 0.471. The molecule has 0 saturated carbocycles. The number of nitrogens with zero attached hydrogens (tertiary/aromatic N) is 1. The Morgan fingerprint density at radius 1 is 1.00 bits per heavy atom. The minimum Gasteiger partial charge on any atom is -0.385 e.